The van der Waals surface area contributed by atoms with Crippen molar-refractivity contribution in [3.63, 3.8) is 0 Å². The van der Waals surface area contributed by atoms with Gasteiger partial charge in [-0.1, -0.05) is 23.9 Å². The van der Waals surface area contributed by atoms with Crippen molar-refractivity contribution in [3.05, 3.63) is 35.7 Å². The number of nitriles is 1. The number of hydrogen-bond donors (Lipinski definition) is 1. The zero-order valence-corrected chi connectivity index (χ0v) is 13.8. The Morgan fingerprint density at radius 2 is 2.17 bits per heavy atom. The largest absolute Gasteiger partial charge is 0.324 e. The van der Waals surface area contributed by atoms with Crippen LogP contribution in [0.4, 0.5) is 5.69 Å². The molecule has 23 heavy (non-hydrogen) atoms. The first-order valence-corrected chi connectivity index (χ1v) is 8.36. The fraction of sp³-hybridized carbons (Fsp3) is 0.375. The van der Waals surface area contributed by atoms with E-state index < -0.39 is 0 Å². The Morgan fingerprint density at radius 3 is 2.87 bits per heavy atom. The minimum Gasteiger partial charge on any atom is -0.324 e. The summed E-state index contributed by atoms with van der Waals surface area (Å²) in [6, 6.07) is 9.52. The van der Waals surface area contributed by atoms with E-state index in [-0.39, 0.29) is 11.2 Å². The molecule has 7 heteroatoms. The molecule has 2 aromatic rings. The van der Waals surface area contributed by atoms with Crippen LogP contribution in [0.5, 0.6) is 0 Å². The van der Waals surface area contributed by atoms with Crippen molar-refractivity contribution in [1.82, 2.24) is 14.8 Å². The highest BCUT2D eigenvalue weighted by Gasteiger charge is 2.29. The smallest absolute Gasteiger partial charge is 0.237 e. The van der Waals surface area contributed by atoms with Crippen LogP contribution in [0, 0.1) is 18.3 Å². The quantitative estimate of drug-likeness (QED) is 0.854. The topological polar surface area (TPSA) is 83.6 Å². The number of amides is 1. The normalized spacial score (nSPS) is 15.0. The predicted octanol–water partition coefficient (Wildman–Crippen LogP) is 2.91. The molecule has 0 unspecified atom stereocenters. The number of aryl methyl sites for hydroxylation is 1. The number of anilines is 1. The van der Waals surface area contributed by atoms with E-state index >= 15 is 0 Å². The lowest BCUT2D eigenvalue weighted by molar-refractivity contribution is -0.115. The standard InChI is InChI=1S/C16H17N5OS/c1-10(15(22)18-14-6-4-3-5-12(14)9-17)23-16-20-19-11(2)21(16)13-7-8-13/h3-6,10,13H,7-8H2,1-2H3,(H,18,22)/t10-/m0/s1. The highest BCUT2D eigenvalue weighted by Crippen LogP contribution is 2.39. The number of para-hydroxylation sites is 1. The van der Waals surface area contributed by atoms with Crippen LogP contribution < -0.4 is 5.32 Å². The van der Waals surface area contributed by atoms with E-state index in [1.807, 2.05) is 13.8 Å². The molecule has 1 N–H and O–H groups in total. The van der Waals surface area contributed by atoms with Crippen molar-refractivity contribution in [3.8, 4) is 6.07 Å². The van der Waals surface area contributed by atoms with Crippen LogP contribution in [0.25, 0.3) is 0 Å². The van der Waals surface area contributed by atoms with Crippen molar-refractivity contribution in [2.45, 2.75) is 43.1 Å². The van der Waals surface area contributed by atoms with Gasteiger partial charge in [-0.25, -0.2) is 0 Å². The summed E-state index contributed by atoms with van der Waals surface area (Å²) in [5.41, 5.74) is 0.988. The summed E-state index contributed by atoms with van der Waals surface area (Å²) in [6.07, 6.45) is 2.28. The number of nitrogens with zero attached hydrogens (tertiary/aromatic N) is 4. The summed E-state index contributed by atoms with van der Waals surface area (Å²) >= 11 is 1.39. The third kappa shape index (κ3) is 3.37. The Hall–Kier alpha value is -2.33. The summed E-state index contributed by atoms with van der Waals surface area (Å²) in [6.45, 7) is 3.76. The Morgan fingerprint density at radius 1 is 1.43 bits per heavy atom. The molecule has 0 spiro atoms. The molecule has 1 aliphatic rings. The van der Waals surface area contributed by atoms with Crippen LogP contribution in [-0.2, 0) is 4.79 Å². The summed E-state index contributed by atoms with van der Waals surface area (Å²) in [5.74, 6) is 0.734. The molecule has 3 rings (SSSR count). The van der Waals surface area contributed by atoms with Gasteiger partial charge in [0, 0.05) is 6.04 Å². The first-order chi connectivity index (χ1) is 11.1. The molecule has 1 fully saturated rings. The molecule has 1 atom stereocenters. The van der Waals surface area contributed by atoms with E-state index in [1.165, 1.54) is 11.8 Å². The SMILES string of the molecule is Cc1nnc(S[C@@H](C)C(=O)Nc2ccccc2C#N)n1C1CC1. The molecule has 1 amide bonds. The molecular weight excluding hydrogens is 310 g/mol. The first-order valence-electron chi connectivity index (χ1n) is 7.48. The summed E-state index contributed by atoms with van der Waals surface area (Å²) in [7, 11) is 0. The fourth-order valence-electron chi connectivity index (χ4n) is 2.32. The Bertz CT molecular complexity index is 775. The second kappa shape index (κ2) is 6.42. The molecule has 1 saturated carbocycles. The third-order valence-electron chi connectivity index (χ3n) is 3.70. The van der Waals surface area contributed by atoms with Gasteiger partial charge in [0.15, 0.2) is 5.16 Å². The molecular formula is C16H17N5OS. The van der Waals surface area contributed by atoms with E-state index in [1.54, 1.807) is 24.3 Å². The number of rotatable bonds is 5. The van der Waals surface area contributed by atoms with E-state index in [0.29, 0.717) is 17.3 Å². The van der Waals surface area contributed by atoms with Gasteiger partial charge < -0.3 is 9.88 Å². The molecule has 1 aromatic carbocycles. The molecule has 1 aliphatic carbocycles. The number of benzene rings is 1. The fourth-order valence-corrected chi connectivity index (χ4v) is 3.28. The molecule has 1 heterocycles. The summed E-state index contributed by atoms with van der Waals surface area (Å²) < 4.78 is 2.11. The van der Waals surface area contributed by atoms with E-state index in [9.17, 15) is 4.79 Å². The molecule has 6 nitrogen and oxygen atoms in total. The van der Waals surface area contributed by atoms with Gasteiger partial charge >= 0.3 is 0 Å². The number of aromatic nitrogens is 3. The maximum absolute atomic E-state index is 12.4. The average Bonchev–Trinajstić information content (AvgIpc) is 3.32. The Kier molecular flexibility index (Phi) is 4.35. The second-order valence-electron chi connectivity index (χ2n) is 5.54. The Labute approximate surface area is 138 Å². The first kappa shape index (κ1) is 15.6. The van der Waals surface area contributed by atoms with Crippen LogP contribution in [0.3, 0.4) is 0 Å². The zero-order chi connectivity index (χ0) is 16.4. The van der Waals surface area contributed by atoms with Crippen LogP contribution in [0.15, 0.2) is 29.4 Å². The molecule has 0 aliphatic heterocycles. The molecule has 1 aromatic heterocycles. The van der Waals surface area contributed by atoms with Crippen molar-refractivity contribution < 1.29 is 4.79 Å². The maximum atomic E-state index is 12.4. The highest BCUT2D eigenvalue weighted by molar-refractivity contribution is 8.00. The average molecular weight is 327 g/mol. The number of carbonyl (C=O) groups is 1. The number of carbonyl (C=O) groups excluding carboxylic acids is 1. The highest BCUT2D eigenvalue weighted by atomic mass is 32.2. The van der Waals surface area contributed by atoms with Gasteiger partial charge in [0.1, 0.15) is 11.9 Å². The van der Waals surface area contributed by atoms with Crippen molar-refractivity contribution in [1.29, 1.82) is 5.26 Å². The Balaban J connectivity index is 1.70. The number of nitrogens with one attached hydrogen (secondary N) is 1. The van der Waals surface area contributed by atoms with E-state index in [2.05, 4.69) is 26.2 Å². The second-order valence-corrected chi connectivity index (χ2v) is 6.85. The van der Waals surface area contributed by atoms with Gasteiger partial charge in [0.05, 0.1) is 16.5 Å². The summed E-state index contributed by atoms with van der Waals surface area (Å²) in [5, 5.41) is 20.6. The third-order valence-corrected chi connectivity index (χ3v) is 4.76. The van der Waals surface area contributed by atoms with Gasteiger partial charge in [-0.2, -0.15) is 5.26 Å². The van der Waals surface area contributed by atoms with Gasteiger partial charge in [0.2, 0.25) is 5.91 Å². The number of hydrogen-bond acceptors (Lipinski definition) is 5. The van der Waals surface area contributed by atoms with E-state index in [4.69, 9.17) is 5.26 Å². The van der Waals surface area contributed by atoms with Gasteiger partial charge in [0.25, 0.3) is 0 Å². The zero-order valence-electron chi connectivity index (χ0n) is 13.0. The van der Waals surface area contributed by atoms with E-state index in [0.717, 1.165) is 23.8 Å². The lowest BCUT2D eigenvalue weighted by atomic mass is 10.2. The minimum absolute atomic E-state index is 0.152. The van der Waals surface area contributed by atoms with Crippen LogP contribution in [0.1, 0.15) is 37.2 Å². The van der Waals surface area contributed by atoms with Gasteiger partial charge in [-0.05, 0) is 38.8 Å². The summed E-state index contributed by atoms with van der Waals surface area (Å²) in [4.78, 5) is 12.4. The molecule has 0 radical (unpaired) electrons. The van der Waals surface area contributed by atoms with Gasteiger partial charge in [-0.3, -0.25) is 4.79 Å². The maximum Gasteiger partial charge on any atom is 0.237 e. The molecule has 0 saturated heterocycles. The monoisotopic (exact) mass is 327 g/mol. The van der Waals surface area contributed by atoms with Crippen molar-refractivity contribution >= 4 is 23.4 Å². The van der Waals surface area contributed by atoms with Gasteiger partial charge in [-0.15, -0.1) is 10.2 Å². The lowest BCUT2D eigenvalue weighted by Gasteiger charge is -2.13. The van der Waals surface area contributed by atoms with Crippen molar-refractivity contribution in [2.24, 2.45) is 0 Å². The predicted molar refractivity (Wildman–Crippen MR) is 88.1 cm³/mol. The molecule has 0 bridgehead atoms. The molecule has 118 valence electrons. The van der Waals surface area contributed by atoms with Crippen LogP contribution >= 0.6 is 11.8 Å². The lowest BCUT2D eigenvalue weighted by Crippen LogP contribution is -2.23. The van der Waals surface area contributed by atoms with Crippen LogP contribution in [0.2, 0.25) is 0 Å². The number of thioether (sulfide) groups is 1. The minimum atomic E-state index is -0.331. The van der Waals surface area contributed by atoms with Crippen molar-refractivity contribution in [2.75, 3.05) is 5.32 Å². The van der Waals surface area contributed by atoms with Crippen LogP contribution in [-0.4, -0.2) is 25.9 Å².